The minimum atomic E-state index is -0.430. The van der Waals surface area contributed by atoms with Crippen LogP contribution in [-0.4, -0.2) is 23.5 Å². The summed E-state index contributed by atoms with van der Waals surface area (Å²) in [5, 5.41) is 0.299. The van der Waals surface area contributed by atoms with E-state index >= 15 is 0 Å². The van der Waals surface area contributed by atoms with Gasteiger partial charge >= 0.3 is 0 Å². The summed E-state index contributed by atoms with van der Waals surface area (Å²) in [5.74, 6) is -0.645. The Morgan fingerprint density at radius 3 is 2.50 bits per heavy atom. The summed E-state index contributed by atoms with van der Waals surface area (Å²) in [7, 11) is 0. The molecule has 0 heterocycles. The van der Waals surface area contributed by atoms with Gasteiger partial charge in [-0.2, -0.15) is 0 Å². The molecule has 3 nitrogen and oxygen atoms in total. The zero-order valence-corrected chi connectivity index (χ0v) is 13.6. The van der Waals surface area contributed by atoms with Gasteiger partial charge in [0, 0.05) is 16.6 Å². The summed E-state index contributed by atoms with van der Waals surface area (Å²) < 4.78 is 32.2. The molecule has 1 saturated carbocycles. The van der Waals surface area contributed by atoms with E-state index in [0.29, 0.717) is 16.3 Å². The van der Waals surface area contributed by atoms with Gasteiger partial charge in [-0.3, -0.25) is 4.79 Å². The fraction of sp³-hybridized carbons (Fsp3) is 0.278. The van der Waals surface area contributed by atoms with Gasteiger partial charge in [0.2, 0.25) is 0 Å². The first-order valence-corrected chi connectivity index (χ1v) is 8.03. The van der Waals surface area contributed by atoms with Gasteiger partial charge < -0.3 is 9.64 Å². The average molecular weight is 352 g/mol. The zero-order chi connectivity index (χ0) is 17.1. The van der Waals surface area contributed by atoms with Crippen LogP contribution in [0.1, 0.15) is 18.4 Å². The van der Waals surface area contributed by atoms with Crippen LogP contribution in [0.5, 0.6) is 5.75 Å². The molecular weight excluding hydrogens is 336 g/mol. The fourth-order valence-electron chi connectivity index (χ4n) is 2.42. The monoisotopic (exact) mass is 351 g/mol. The highest BCUT2D eigenvalue weighted by Crippen LogP contribution is 2.30. The van der Waals surface area contributed by atoms with Crippen LogP contribution in [0.15, 0.2) is 42.5 Å². The largest absolute Gasteiger partial charge is 0.484 e. The maximum Gasteiger partial charge on any atom is 0.261 e. The lowest BCUT2D eigenvalue weighted by atomic mass is 10.2. The third-order valence-electron chi connectivity index (χ3n) is 3.87. The van der Waals surface area contributed by atoms with Crippen LogP contribution >= 0.6 is 11.6 Å². The molecule has 1 amide bonds. The number of halogens is 3. The van der Waals surface area contributed by atoms with Crippen molar-refractivity contribution in [3.8, 4) is 5.75 Å². The summed E-state index contributed by atoms with van der Waals surface area (Å²) >= 11 is 6.05. The maximum absolute atomic E-state index is 14.0. The molecule has 126 valence electrons. The first-order valence-electron chi connectivity index (χ1n) is 7.65. The van der Waals surface area contributed by atoms with Crippen molar-refractivity contribution in [3.63, 3.8) is 0 Å². The van der Waals surface area contributed by atoms with Crippen molar-refractivity contribution in [2.45, 2.75) is 25.4 Å². The molecule has 0 N–H and O–H groups in total. The molecule has 0 aromatic heterocycles. The zero-order valence-electron chi connectivity index (χ0n) is 12.8. The highest BCUT2D eigenvalue weighted by atomic mass is 35.5. The number of nitrogens with zero attached hydrogens (tertiary/aromatic N) is 1. The second kappa shape index (κ2) is 7.18. The van der Waals surface area contributed by atoms with Gasteiger partial charge in [0.1, 0.15) is 17.4 Å². The van der Waals surface area contributed by atoms with Crippen molar-refractivity contribution in [2.24, 2.45) is 0 Å². The molecule has 0 radical (unpaired) electrons. The predicted molar refractivity (Wildman–Crippen MR) is 86.9 cm³/mol. The van der Waals surface area contributed by atoms with E-state index in [9.17, 15) is 13.6 Å². The molecule has 0 spiro atoms. The minimum Gasteiger partial charge on any atom is -0.484 e. The van der Waals surface area contributed by atoms with Gasteiger partial charge in [0.05, 0.1) is 6.54 Å². The highest BCUT2D eigenvalue weighted by molar-refractivity contribution is 6.31. The van der Waals surface area contributed by atoms with Crippen molar-refractivity contribution in [1.29, 1.82) is 0 Å². The number of hydrogen-bond acceptors (Lipinski definition) is 2. The summed E-state index contributed by atoms with van der Waals surface area (Å²) in [6.45, 7) is -0.0734. The van der Waals surface area contributed by atoms with E-state index in [1.807, 2.05) is 0 Å². The molecule has 0 unspecified atom stereocenters. The smallest absolute Gasteiger partial charge is 0.261 e. The predicted octanol–water partition coefficient (Wildman–Crippen LogP) is 4.19. The highest BCUT2D eigenvalue weighted by Gasteiger charge is 2.33. The Morgan fingerprint density at radius 2 is 1.88 bits per heavy atom. The molecule has 0 atom stereocenters. The van der Waals surface area contributed by atoms with E-state index in [0.717, 1.165) is 12.8 Å². The van der Waals surface area contributed by atoms with E-state index in [-0.39, 0.29) is 30.9 Å². The standard InChI is InChI=1S/C18H16ClF2NO2/c19-16-2-1-3-17(21)15(16)10-22(13-6-7-13)18(23)11-24-14-8-4-12(20)5-9-14/h1-5,8-9,13H,6-7,10-11H2. The Labute approximate surface area is 143 Å². The van der Waals surface area contributed by atoms with Crippen molar-refractivity contribution >= 4 is 17.5 Å². The number of hydrogen-bond donors (Lipinski definition) is 0. The lowest BCUT2D eigenvalue weighted by molar-refractivity contribution is -0.134. The molecular formula is C18H16ClF2NO2. The van der Waals surface area contributed by atoms with Crippen molar-refractivity contribution in [3.05, 3.63) is 64.7 Å². The topological polar surface area (TPSA) is 29.5 Å². The summed E-state index contributed by atoms with van der Waals surface area (Å²) in [5.41, 5.74) is 0.307. The van der Waals surface area contributed by atoms with E-state index in [4.69, 9.17) is 16.3 Å². The molecule has 0 saturated heterocycles. The van der Waals surface area contributed by atoms with Gasteiger partial charge in [-0.15, -0.1) is 0 Å². The van der Waals surface area contributed by atoms with Crippen LogP contribution < -0.4 is 4.74 Å². The molecule has 2 aromatic carbocycles. The van der Waals surface area contributed by atoms with Crippen molar-refractivity contribution in [1.82, 2.24) is 4.90 Å². The molecule has 1 fully saturated rings. The summed E-state index contributed by atoms with van der Waals surface area (Å²) in [6.07, 6.45) is 1.77. The number of carbonyl (C=O) groups is 1. The minimum absolute atomic E-state index is 0.0880. The lowest BCUT2D eigenvalue weighted by Crippen LogP contribution is -2.36. The Kier molecular flexibility index (Phi) is 5.00. The molecule has 3 rings (SSSR count). The molecule has 0 aliphatic heterocycles. The normalized spacial score (nSPS) is 13.6. The fourth-order valence-corrected chi connectivity index (χ4v) is 2.64. The van der Waals surface area contributed by atoms with E-state index < -0.39 is 5.82 Å². The van der Waals surface area contributed by atoms with E-state index in [1.54, 1.807) is 11.0 Å². The van der Waals surface area contributed by atoms with Gasteiger partial charge in [-0.05, 0) is 49.2 Å². The number of rotatable bonds is 6. The third-order valence-corrected chi connectivity index (χ3v) is 4.23. The number of benzene rings is 2. The second-order valence-electron chi connectivity index (χ2n) is 5.70. The summed E-state index contributed by atoms with van der Waals surface area (Å²) in [4.78, 5) is 14.0. The Morgan fingerprint density at radius 1 is 1.17 bits per heavy atom. The van der Waals surface area contributed by atoms with Crippen LogP contribution in [-0.2, 0) is 11.3 Å². The molecule has 0 bridgehead atoms. The second-order valence-corrected chi connectivity index (χ2v) is 6.10. The lowest BCUT2D eigenvalue weighted by Gasteiger charge is -2.23. The quantitative estimate of drug-likeness (QED) is 0.781. The van der Waals surface area contributed by atoms with Crippen LogP contribution in [0.4, 0.5) is 8.78 Å². The van der Waals surface area contributed by atoms with Crippen LogP contribution in [0.25, 0.3) is 0 Å². The number of ether oxygens (including phenoxy) is 1. The summed E-state index contributed by atoms with van der Waals surface area (Å²) in [6, 6.07) is 9.98. The number of carbonyl (C=O) groups excluding carboxylic acids is 1. The maximum atomic E-state index is 14.0. The van der Waals surface area contributed by atoms with Gasteiger partial charge in [-0.25, -0.2) is 8.78 Å². The first-order chi connectivity index (χ1) is 11.5. The van der Waals surface area contributed by atoms with Crippen LogP contribution in [0.2, 0.25) is 5.02 Å². The molecule has 1 aliphatic rings. The Balaban J connectivity index is 1.67. The average Bonchev–Trinajstić information content (AvgIpc) is 3.39. The van der Waals surface area contributed by atoms with Gasteiger partial charge in [0.15, 0.2) is 6.61 Å². The molecule has 24 heavy (non-hydrogen) atoms. The molecule has 1 aliphatic carbocycles. The first kappa shape index (κ1) is 16.7. The SMILES string of the molecule is O=C(COc1ccc(F)cc1)N(Cc1c(F)cccc1Cl)C1CC1. The van der Waals surface area contributed by atoms with Gasteiger partial charge in [-0.1, -0.05) is 17.7 Å². The van der Waals surface area contributed by atoms with Crippen molar-refractivity contribution < 1.29 is 18.3 Å². The van der Waals surface area contributed by atoms with Crippen LogP contribution in [0.3, 0.4) is 0 Å². The third kappa shape index (κ3) is 4.03. The van der Waals surface area contributed by atoms with E-state index in [1.165, 1.54) is 36.4 Å². The van der Waals surface area contributed by atoms with Crippen LogP contribution in [0, 0.1) is 11.6 Å². The Bertz CT molecular complexity index is 712. The molecule has 6 heteroatoms. The Hall–Kier alpha value is -2.14. The van der Waals surface area contributed by atoms with E-state index in [2.05, 4.69) is 0 Å². The van der Waals surface area contributed by atoms with Crippen molar-refractivity contribution in [2.75, 3.05) is 6.61 Å². The molecule has 2 aromatic rings. The number of amides is 1. The van der Waals surface area contributed by atoms with Gasteiger partial charge in [0.25, 0.3) is 5.91 Å².